The third-order valence-corrected chi connectivity index (χ3v) is 3.93. The molecule has 2 rings (SSSR count). The zero-order valence-electron chi connectivity index (χ0n) is 10.6. The molecule has 4 nitrogen and oxygen atoms in total. The topological polar surface area (TPSA) is 63.6 Å². The lowest BCUT2D eigenvalue weighted by molar-refractivity contribution is 0.415. The minimum absolute atomic E-state index is 0.0554. The molecule has 0 spiro atoms. The second kappa shape index (κ2) is 5.03. The van der Waals surface area contributed by atoms with Crippen LogP contribution in [0.2, 0.25) is 0 Å². The summed E-state index contributed by atoms with van der Waals surface area (Å²) in [6.07, 6.45) is 0. The van der Waals surface area contributed by atoms with E-state index in [0.29, 0.717) is 22.4 Å². The van der Waals surface area contributed by atoms with Crippen LogP contribution in [0.25, 0.3) is 11.1 Å². The number of methoxy groups -OCH3 is 1. The van der Waals surface area contributed by atoms with E-state index in [-0.39, 0.29) is 4.90 Å². The van der Waals surface area contributed by atoms with Gasteiger partial charge in [0, 0.05) is 5.56 Å². The maximum Gasteiger partial charge on any atom is 0.295 e. The lowest BCUT2D eigenvalue weighted by atomic mass is 10.0. The summed E-state index contributed by atoms with van der Waals surface area (Å²) in [6, 6.07) is 12.1. The maximum atomic E-state index is 11.5. The van der Waals surface area contributed by atoms with Crippen LogP contribution in [-0.2, 0) is 10.1 Å². The molecule has 0 saturated heterocycles. The molecule has 0 amide bonds. The Morgan fingerprint density at radius 1 is 1.05 bits per heavy atom. The maximum absolute atomic E-state index is 11.5. The van der Waals surface area contributed by atoms with Crippen molar-refractivity contribution in [3.05, 3.63) is 48.0 Å². The minimum Gasteiger partial charge on any atom is -0.497 e. The van der Waals surface area contributed by atoms with Gasteiger partial charge in [-0.25, -0.2) is 0 Å². The van der Waals surface area contributed by atoms with Crippen molar-refractivity contribution >= 4 is 10.1 Å². The van der Waals surface area contributed by atoms with E-state index in [1.54, 1.807) is 56.5 Å². The summed E-state index contributed by atoms with van der Waals surface area (Å²) in [6.45, 7) is 1.65. The summed E-state index contributed by atoms with van der Waals surface area (Å²) in [4.78, 5) is -0.0554. The Kier molecular flexibility index (Phi) is 3.59. The van der Waals surface area contributed by atoms with Gasteiger partial charge in [0.05, 0.1) is 7.11 Å². The summed E-state index contributed by atoms with van der Waals surface area (Å²) in [5.41, 5.74) is 1.69. The first kappa shape index (κ1) is 13.6. The van der Waals surface area contributed by atoms with E-state index in [2.05, 4.69) is 0 Å². The van der Waals surface area contributed by atoms with E-state index >= 15 is 0 Å². The van der Waals surface area contributed by atoms with Gasteiger partial charge in [-0.1, -0.05) is 30.3 Å². The summed E-state index contributed by atoms with van der Waals surface area (Å²) in [5, 5.41) is 0. The molecule has 0 aliphatic rings. The minimum atomic E-state index is -4.26. The Morgan fingerprint density at radius 3 is 2.21 bits per heavy atom. The van der Waals surface area contributed by atoms with Crippen LogP contribution in [0.3, 0.4) is 0 Å². The monoisotopic (exact) mass is 278 g/mol. The molecule has 5 heteroatoms. The van der Waals surface area contributed by atoms with Crippen molar-refractivity contribution in [2.45, 2.75) is 11.8 Å². The van der Waals surface area contributed by atoms with Crippen molar-refractivity contribution in [3.8, 4) is 16.9 Å². The van der Waals surface area contributed by atoms with Gasteiger partial charge in [-0.15, -0.1) is 0 Å². The molecule has 0 radical (unpaired) electrons. The Balaban J connectivity index is 2.65. The van der Waals surface area contributed by atoms with Crippen LogP contribution in [0, 0.1) is 6.92 Å². The first-order valence-corrected chi connectivity index (χ1v) is 7.09. The molecule has 0 bridgehead atoms. The van der Waals surface area contributed by atoms with E-state index in [1.165, 1.54) is 0 Å². The fourth-order valence-electron chi connectivity index (χ4n) is 1.99. The molecule has 0 heterocycles. The Bertz CT molecular complexity index is 688. The van der Waals surface area contributed by atoms with Crippen LogP contribution in [0.4, 0.5) is 0 Å². The van der Waals surface area contributed by atoms with E-state index < -0.39 is 10.1 Å². The van der Waals surface area contributed by atoms with Crippen molar-refractivity contribution in [3.63, 3.8) is 0 Å². The number of aryl methyl sites for hydroxylation is 1. The smallest absolute Gasteiger partial charge is 0.295 e. The van der Waals surface area contributed by atoms with Crippen LogP contribution < -0.4 is 4.74 Å². The molecule has 0 fully saturated rings. The highest BCUT2D eigenvalue weighted by molar-refractivity contribution is 7.86. The highest BCUT2D eigenvalue weighted by Gasteiger charge is 2.19. The van der Waals surface area contributed by atoms with Crippen molar-refractivity contribution in [2.24, 2.45) is 0 Å². The van der Waals surface area contributed by atoms with E-state index in [0.717, 1.165) is 0 Å². The Hall–Kier alpha value is -1.85. The number of benzene rings is 2. The Labute approximate surface area is 112 Å². The van der Waals surface area contributed by atoms with Gasteiger partial charge < -0.3 is 4.74 Å². The zero-order chi connectivity index (χ0) is 14.0. The lowest BCUT2D eigenvalue weighted by Gasteiger charge is -2.10. The predicted octanol–water partition coefficient (Wildman–Crippen LogP) is 2.92. The van der Waals surface area contributed by atoms with Crippen molar-refractivity contribution < 1.29 is 17.7 Å². The fraction of sp³-hybridized carbons (Fsp3) is 0.143. The quantitative estimate of drug-likeness (QED) is 0.877. The van der Waals surface area contributed by atoms with Crippen LogP contribution >= 0.6 is 0 Å². The molecule has 0 unspecified atom stereocenters. The normalized spacial score (nSPS) is 11.3. The molecule has 19 heavy (non-hydrogen) atoms. The van der Waals surface area contributed by atoms with Crippen molar-refractivity contribution in [2.75, 3.05) is 7.11 Å². The third kappa shape index (κ3) is 2.77. The predicted molar refractivity (Wildman–Crippen MR) is 73.0 cm³/mol. The lowest BCUT2D eigenvalue weighted by Crippen LogP contribution is -2.03. The van der Waals surface area contributed by atoms with Gasteiger partial charge in [-0.3, -0.25) is 4.55 Å². The molecule has 0 aliphatic carbocycles. The van der Waals surface area contributed by atoms with Gasteiger partial charge in [0.15, 0.2) is 0 Å². The van der Waals surface area contributed by atoms with E-state index in [9.17, 15) is 13.0 Å². The molecular weight excluding hydrogens is 264 g/mol. The van der Waals surface area contributed by atoms with Crippen LogP contribution in [0.1, 0.15) is 5.56 Å². The first-order valence-electron chi connectivity index (χ1n) is 5.65. The van der Waals surface area contributed by atoms with Gasteiger partial charge in [-0.05, 0) is 30.2 Å². The largest absolute Gasteiger partial charge is 0.497 e. The van der Waals surface area contributed by atoms with Crippen molar-refractivity contribution in [1.29, 1.82) is 0 Å². The molecular formula is C14H14O4S. The first-order chi connectivity index (χ1) is 8.93. The summed E-state index contributed by atoms with van der Waals surface area (Å²) < 4.78 is 37.4. The number of hydrogen-bond donors (Lipinski definition) is 1. The van der Waals surface area contributed by atoms with Gasteiger partial charge >= 0.3 is 0 Å². The molecule has 0 atom stereocenters. The molecule has 2 aromatic rings. The van der Waals surface area contributed by atoms with Crippen LogP contribution in [0.15, 0.2) is 47.4 Å². The molecule has 100 valence electrons. The zero-order valence-corrected chi connectivity index (χ0v) is 11.4. The highest BCUT2D eigenvalue weighted by Crippen LogP contribution is 2.30. The Morgan fingerprint density at radius 2 is 1.68 bits per heavy atom. The summed E-state index contributed by atoms with van der Waals surface area (Å²) >= 11 is 0. The fourth-order valence-corrected chi connectivity index (χ4v) is 2.93. The number of rotatable bonds is 3. The molecule has 0 saturated carbocycles. The number of hydrogen-bond acceptors (Lipinski definition) is 3. The molecule has 2 aromatic carbocycles. The van der Waals surface area contributed by atoms with Crippen LogP contribution in [-0.4, -0.2) is 20.1 Å². The average Bonchev–Trinajstić information content (AvgIpc) is 2.37. The summed E-state index contributed by atoms with van der Waals surface area (Å²) in [7, 11) is -2.70. The highest BCUT2D eigenvalue weighted by atomic mass is 32.2. The van der Waals surface area contributed by atoms with Gasteiger partial charge in [0.25, 0.3) is 10.1 Å². The molecule has 1 N–H and O–H groups in total. The second-order valence-corrected chi connectivity index (χ2v) is 5.51. The second-order valence-electron chi connectivity index (χ2n) is 4.16. The summed E-state index contributed by atoms with van der Waals surface area (Å²) in [5.74, 6) is 0.685. The van der Waals surface area contributed by atoms with E-state index in [4.69, 9.17) is 4.74 Å². The number of ether oxygens (including phenoxy) is 1. The molecule has 0 aliphatic heterocycles. The van der Waals surface area contributed by atoms with E-state index in [1.807, 2.05) is 0 Å². The van der Waals surface area contributed by atoms with Gasteiger partial charge in [0.1, 0.15) is 10.6 Å². The standard InChI is InChI=1S/C14H14O4S/c1-10-4-3-5-13(14(10)19(15,16)17)11-6-8-12(18-2)9-7-11/h3-9H,1-2H3,(H,15,16,17). The van der Waals surface area contributed by atoms with Gasteiger partial charge in [0.2, 0.25) is 0 Å². The van der Waals surface area contributed by atoms with Crippen LogP contribution in [0.5, 0.6) is 5.75 Å². The average molecular weight is 278 g/mol. The SMILES string of the molecule is COc1ccc(-c2cccc(C)c2S(=O)(=O)O)cc1. The molecule has 0 aromatic heterocycles. The van der Waals surface area contributed by atoms with Gasteiger partial charge in [-0.2, -0.15) is 8.42 Å². The third-order valence-electron chi connectivity index (χ3n) is 2.87. The van der Waals surface area contributed by atoms with Crippen molar-refractivity contribution in [1.82, 2.24) is 0 Å².